The molecule has 0 unspecified atom stereocenters. The molecule has 0 atom stereocenters. The highest BCUT2D eigenvalue weighted by Crippen LogP contribution is 2.26. The summed E-state index contributed by atoms with van der Waals surface area (Å²) in [6.07, 6.45) is 2.71. The van der Waals surface area contributed by atoms with E-state index < -0.39 is 0 Å². The van der Waals surface area contributed by atoms with Gasteiger partial charge in [0.05, 0.1) is 0 Å². The van der Waals surface area contributed by atoms with Gasteiger partial charge in [-0.05, 0) is 43.6 Å². The summed E-state index contributed by atoms with van der Waals surface area (Å²) in [5.74, 6) is 0. The van der Waals surface area contributed by atoms with Crippen molar-refractivity contribution in [2.75, 3.05) is 38.1 Å². The third kappa shape index (κ3) is 3.62. The minimum absolute atomic E-state index is 0.808. The molecule has 2 rings (SSSR count). The summed E-state index contributed by atoms with van der Waals surface area (Å²) in [6.45, 7) is 4.72. The van der Waals surface area contributed by atoms with Crippen LogP contribution in [0.4, 0.5) is 5.69 Å². The first kappa shape index (κ1) is 14.2. The molecule has 0 aliphatic carbocycles. The number of likely N-dealkylation sites (N-methyl/N-ethyl adjacent to an activating group) is 1. The molecule has 1 aliphatic rings. The zero-order chi connectivity index (χ0) is 13.0. The van der Waals surface area contributed by atoms with E-state index in [0.29, 0.717) is 0 Å². The molecule has 0 radical (unpaired) electrons. The molecule has 0 aromatic heterocycles. The summed E-state index contributed by atoms with van der Waals surface area (Å²) in [5, 5.41) is 1.68. The molecule has 0 N–H and O–H groups in total. The van der Waals surface area contributed by atoms with Gasteiger partial charge in [-0.15, -0.1) is 0 Å². The SMILES string of the molecule is CN(CCN1CCCC1)c1cc(Cl)ccc1CBr. The van der Waals surface area contributed by atoms with Gasteiger partial charge in [0.2, 0.25) is 0 Å². The van der Waals surface area contributed by atoms with Gasteiger partial charge in [-0.2, -0.15) is 0 Å². The Kier molecular flexibility index (Phi) is 5.34. The van der Waals surface area contributed by atoms with Crippen molar-refractivity contribution >= 4 is 33.2 Å². The van der Waals surface area contributed by atoms with Crippen molar-refractivity contribution in [3.8, 4) is 0 Å². The van der Waals surface area contributed by atoms with E-state index in [2.05, 4.69) is 44.9 Å². The summed E-state index contributed by atoms with van der Waals surface area (Å²) in [7, 11) is 2.15. The van der Waals surface area contributed by atoms with Crippen molar-refractivity contribution in [1.29, 1.82) is 0 Å². The predicted octanol–water partition coefficient (Wildman–Crippen LogP) is 3.77. The minimum Gasteiger partial charge on any atom is -0.373 e. The Bertz CT molecular complexity index is 391. The van der Waals surface area contributed by atoms with Gasteiger partial charge in [-0.1, -0.05) is 33.6 Å². The van der Waals surface area contributed by atoms with E-state index in [1.165, 1.54) is 37.2 Å². The van der Waals surface area contributed by atoms with Crippen LogP contribution in [0.3, 0.4) is 0 Å². The van der Waals surface area contributed by atoms with Crippen LogP contribution in [-0.4, -0.2) is 38.1 Å². The van der Waals surface area contributed by atoms with Gasteiger partial charge in [0, 0.05) is 36.2 Å². The van der Waals surface area contributed by atoms with Crippen LogP contribution in [0, 0.1) is 0 Å². The molecule has 1 heterocycles. The number of rotatable bonds is 5. The van der Waals surface area contributed by atoms with E-state index in [9.17, 15) is 0 Å². The number of halogens is 2. The van der Waals surface area contributed by atoms with Crippen LogP contribution in [0.15, 0.2) is 18.2 Å². The molecule has 0 saturated carbocycles. The number of anilines is 1. The van der Waals surface area contributed by atoms with E-state index in [4.69, 9.17) is 11.6 Å². The maximum absolute atomic E-state index is 6.09. The van der Waals surface area contributed by atoms with Crippen molar-refractivity contribution in [3.63, 3.8) is 0 Å². The van der Waals surface area contributed by atoms with Crippen LogP contribution in [0.5, 0.6) is 0 Å². The zero-order valence-electron chi connectivity index (χ0n) is 10.8. The van der Waals surface area contributed by atoms with Crippen molar-refractivity contribution in [3.05, 3.63) is 28.8 Å². The highest BCUT2D eigenvalue weighted by molar-refractivity contribution is 9.08. The second-order valence-corrected chi connectivity index (χ2v) is 5.87. The van der Waals surface area contributed by atoms with E-state index in [1.54, 1.807) is 0 Å². The molecule has 100 valence electrons. The molecule has 1 fully saturated rings. The summed E-state index contributed by atoms with van der Waals surface area (Å²) in [5.41, 5.74) is 2.53. The molecule has 18 heavy (non-hydrogen) atoms. The van der Waals surface area contributed by atoms with E-state index in [-0.39, 0.29) is 0 Å². The molecule has 1 aromatic rings. The molecule has 4 heteroatoms. The van der Waals surface area contributed by atoms with E-state index >= 15 is 0 Å². The van der Waals surface area contributed by atoms with E-state index in [0.717, 1.165) is 23.4 Å². The number of likely N-dealkylation sites (tertiary alicyclic amines) is 1. The summed E-state index contributed by atoms with van der Waals surface area (Å²) >= 11 is 9.63. The average Bonchev–Trinajstić information content (AvgIpc) is 2.89. The maximum Gasteiger partial charge on any atom is 0.0426 e. The van der Waals surface area contributed by atoms with Crippen molar-refractivity contribution < 1.29 is 0 Å². The number of alkyl halides is 1. The Morgan fingerprint density at radius 3 is 2.72 bits per heavy atom. The normalized spacial score (nSPS) is 16.2. The lowest BCUT2D eigenvalue weighted by atomic mass is 10.2. The first-order valence-corrected chi connectivity index (χ1v) is 7.98. The quantitative estimate of drug-likeness (QED) is 0.758. The molecule has 1 saturated heterocycles. The van der Waals surface area contributed by atoms with Gasteiger partial charge in [-0.25, -0.2) is 0 Å². The fourth-order valence-corrected chi connectivity index (χ4v) is 3.06. The van der Waals surface area contributed by atoms with E-state index in [1.807, 2.05) is 6.07 Å². The van der Waals surface area contributed by atoms with Gasteiger partial charge in [0.25, 0.3) is 0 Å². The maximum atomic E-state index is 6.09. The molecule has 2 nitrogen and oxygen atoms in total. The third-order valence-electron chi connectivity index (χ3n) is 3.55. The first-order valence-electron chi connectivity index (χ1n) is 6.48. The highest BCUT2D eigenvalue weighted by Gasteiger charge is 2.13. The van der Waals surface area contributed by atoms with Crippen LogP contribution in [0.1, 0.15) is 18.4 Å². The Morgan fingerprint density at radius 2 is 2.06 bits per heavy atom. The monoisotopic (exact) mass is 330 g/mol. The van der Waals surface area contributed by atoms with Crippen LogP contribution >= 0.6 is 27.5 Å². The largest absolute Gasteiger partial charge is 0.373 e. The van der Waals surface area contributed by atoms with Gasteiger partial charge in [0.15, 0.2) is 0 Å². The Morgan fingerprint density at radius 1 is 1.33 bits per heavy atom. The summed E-state index contributed by atoms with van der Waals surface area (Å²) in [6, 6.07) is 6.11. The standard InChI is InChI=1S/C14H20BrClN2/c1-17(8-9-18-6-2-3-7-18)14-10-13(16)5-4-12(14)11-15/h4-5,10H,2-3,6-9,11H2,1H3. The fourth-order valence-electron chi connectivity index (χ4n) is 2.42. The lowest BCUT2D eigenvalue weighted by Crippen LogP contribution is -2.31. The molecule has 0 amide bonds. The lowest BCUT2D eigenvalue weighted by molar-refractivity contribution is 0.346. The number of nitrogens with zero attached hydrogens (tertiary/aromatic N) is 2. The number of hydrogen-bond donors (Lipinski definition) is 0. The topological polar surface area (TPSA) is 6.48 Å². The summed E-state index contributed by atoms with van der Waals surface area (Å²) < 4.78 is 0. The van der Waals surface area contributed by atoms with Gasteiger partial charge < -0.3 is 9.80 Å². The second-order valence-electron chi connectivity index (χ2n) is 4.88. The van der Waals surface area contributed by atoms with Crippen molar-refractivity contribution in [1.82, 2.24) is 4.90 Å². The Hall–Kier alpha value is -0.250. The molecule has 1 aromatic carbocycles. The molecule has 1 aliphatic heterocycles. The van der Waals surface area contributed by atoms with Crippen LogP contribution in [0.2, 0.25) is 5.02 Å². The van der Waals surface area contributed by atoms with Crippen LogP contribution in [0.25, 0.3) is 0 Å². The zero-order valence-corrected chi connectivity index (χ0v) is 13.2. The highest BCUT2D eigenvalue weighted by atomic mass is 79.9. The molecule has 0 bridgehead atoms. The molecular weight excluding hydrogens is 312 g/mol. The average molecular weight is 332 g/mol. The van der Waals surface area contributed by atoms with Gasteiger partial charge in [0.1, 0.15) is 0 Å². The lowest BCUT2D eigenvalue weighted by Gasteiger charge is -2.25. The second kappa shape index (κ2) is 6.78. The smallest absolute Gasteiger partial charge is 0.0426 e. The molecule has 0 spiro atoms. The van der Waals surface area contributed by atoms with Crippen LogP contribution in [-0.2, 0) is 5.33 Å². The van der Waals surface area contributed by atoms with Crippen molar-refractivity contribution in [2.45, 2.75) is 18.2 Å². The summed E-state index contributed by atoms with van der Waals surface area (Å²) in [4.78, 5) is 4.84. The number of benzene rings is 1. The Balaban J connectivity index is 1.98. The predicted molar refractivity (Wildman–Crippen MR) is 83.0 cm³/mol. The number of hydrogen-bond acceptors (Lipinski definition) is 2. The first-order chi connectivity index (χ1) is 8.70. The fraction of sp³-hybridized carbons (Fsp3) is 0.571. The van der Waals surface area contributed by atoms with Crippen LogP contribution < -0.4 is 4.90 Å². The van der Waals surface area contributed by atoms with Gasteiger partial charge >= 0.3 is 0 Å². The van der Waals surface area contributed by atoms with Crippen molar-refractivity contribution in [2.24, 2.45) is 0 Å². The Labute approximate surface area is 123 Å². The third-order valence-corrected chi connectivity index (χ3v) is 4.39. The molecular formula is C14H20BrClN2. The minimum atomic E-state index is 0.808. The van der Waals surface area contributed by atoms with Gasteiger partial charge in [-0.3, -0.25) is 0 Å².